The van der Waals surface area contributed by atoms with Crippen LogP contribution in [0.3, 0.4) is 0 Å². The number of carbonyl (C=O) groups is 1. The highest BCUT2D eigenvalue weighted by atomic mass is 79.9. The van der Waals surface area contributed by atoms with Crippen LogP contribution >= 0.6 is 54.5 Å². The second-order valence-corrected chi connectivity index (χ2v) is 9.47. The van der Waals surface area contributed by atoms with E-state index in [1.165, 1.54) is 28.7 Å². The molecule has 0 fully saturated rings. The number of nitrogens with zero attached hydrogens (tertiary/aromatic N) is 1. The van der Waals surface area contributed by atoms with Crippen molar-refractivity contribution in [3.63, 3.8) is 0 Å². The Kier molecular flexibility index (Phi) is 5.14. The number of aryl methyl sites for hydroxylation is 1. The molecular weight excluding hydrogens is 486 g/mol. The van der Waals surface area contributed by atoms with E-state index in [-0.39, 0.29) is 5.13 Å². The largest absolute Gasteiger partial charge is 0.298 e. The van der Waals surface area contributed by atoms with Gasteiger partial charge in [-0.25, -0.2) is 13.8 Å². The second-order valence-electron chi connectivity index (χ2n) is 4.72. The molecule has 0 radical (unpaired) electrons. The van der Waals surface area contributed by atoms with Crippen molar-refractivity contribution in [3.05, 3.63) is 54.7 Å². The summed E-state index contributed by atoms with van der Waals surface area (Å²) in [6.07, 6.45) is 0. The summed E-state index contributed by atoms with van der Waals surface area (Å²) in [5.41, 5.74) is 1.04. The lowest BCUT2D eigenvalue weighted by atomic mass is 10.2. The van der Waals surface area contributed by atoms with Crippen LogP contribution in [-0.2, 0) is 0 Å². The van der Waals surface area contributed by atoms with E-state index in [1.807, 2.05) is 13.0 Å². The highest BCUT2D eigenvalue weighted by Crippen LogP contribution is 2.43. The van der Waals surface area contributed by atoms with Crippen molar-refractivity contribution < 1.29 is 13.6 Å². The number of halogens is 4. The van der Waals surface area contributed by atoms with Gasteiger partial charge in [0, 0.05) is 5.56 Å². The fourth-order valence-electron chi connectivity index (χ4n) is 2.07. The molecule has 0 aliphatic carbocycles. The Morgan fingerprint density at radius 2 is 1.88 bits per heavy atom. The molecule has 2 aromatic heterocycles. The van der Waals surface area contributed by atoms with Crippen molar-refractivity contribution in [2.24, 2.45) is 0 Å². The van der Waals surface area contributed by atoms with Gasteiger partial charge in [0.15, 0.2) is 5.13 Å². The number of thiophene rings is 1. The van der Waals surface area contributed by atoms with Gasteiger partial charge in [-0.1, -0.05) is 17.4 Å². The Bertz CT molecular complexity index is 919. The molecule has 0 saturated heterocycles. The van der Waals surface area contributed by atoms with Gasteiger partial charge >= 0.3 is 0 Å². The average Bonchev–Trinajstić information content (AvgIpc) is 3.00. The summed E-state index contributed by atoms with van der Waals surface area (Å²) >= 11 is 9.67. The number of nitrogens with one attached hydrogen (secondary N) is 1. The molecule has 1 N–H and O–H groups in total. The van der Waals surface area contributed by atoms with Crippen LogP contribution in [0.5, 0.6) is 0 Å². The molecule has 9 heteroatoms. The third-order valence-electron chi connectivity index (χ3n) is 3.11. The predicted molar refractivity (Wildman–Crippen MR) is 99.9 cm³/mol. The number of thiazole rings is 1. The Hall–Kier alpha value is -1.16. The van der Waals surface area contributed by atoms with Crippen LogP contribution in [0, 0.1) is 18.6 Å². The van der Waals surface area contributed by atoms with E-state index in [9.17, 15) is 13.6 Å². The first-order valence-electron chi connectivity index (χ1n) is 6.55. The topological polar surface area (TPSA) is 42.0 Å². The van der Waals surface area contributed by atoms with Gasteiger partial charge in [-0.2, -0.15) is 0 Å². The lowest BCUT2D eigenvalue weighted by Gasteiger charge is -2.04. The van der Waals surface area contributed by atoms with Gasteiger partial charge in [0.2, 0.25) is 0 Å². The van der Waals surface area contributed by atoms with Gasteiger partial charge in [-0.3, -0.25) is 10.1 Å². The van der Waals surface area contributed by atoms with E-state index in [4.69, 9.17) is 0 Å². The molecule has 0 aliphatic rings. The first-order valence-corrected chi connectivity index (χ1v) is 9.76. The van der Waals surface area contributed by atoms with Crippen LogP contribution in [0.25, 0.3) is 10.4 Å². The summed E-state index contributed by atoms with van der Waals surface area (Å²) in [7, 11) is 0. The van der Waals surface area contributed by atoms with E-state index in [0.717, 1.165) is 35.8 Å². The maximum absolute atomic E-state index is 13.7. The predicted octanol–water partition coefficient (Wildman–Crippen LogP) is 6.24. The van der Waals surface area contributed by atoms with Gasteiger partial charge in [0.05, 0.1) is 18.1 Å². The molecule has 0 bridgehead atoms. The molecule has 1 amide bonds. The van der Waals surface area contributed by atoms with Gasteiger partial charge in [0.1, 0.15) is 17.2 Å². The molecule has 24 heavy (non-hydrogen) atoms. The van der Waals surface area contributed by atoms with Crippen molar-refractivity contribution in [3.8, 4) is 10.4 Å². The van der Waals surface area contributed by atoms with Crippen LogP contribution in [0.1, 0.15) is 16.1 Å². The van der Waals surface area contributed by atoms with Crippen LogP contribution < -0.4 is 5.32 Å². The summed E-state index contributed by atoms with van der Waals surface area (Å²) in [5, 5.41) is 2.74. The van der Waals surface area contributed by atoms with Crippen molar-refractivity contribution in [2.45, 2.75) is 6.92 Å². The fourth-order valence-corrected chi connectivity index (χ4v) is 6.07. The summed E-state index contributed by atoms with van der Waals surface area (Å²) in [4.78, 5) is 17.3. The number of rotatable bonds is 3. The number of carbonyl (C=O) groups excluding carboxylic acids is 1. The molecule has 3 rings (SSSR count). The molecule has 3 nitrogen and oxygen atoms in total. The number of hydrogen-bond acceptors (Lipinski definition) is 4. The lowest BCUT2D eigenvalue weighted by molar-refractivity contribution is 0.101. The van der Waals surface area contributed by atoms with Gasteiger partial charge in [-0.15, -0.1) is 11.3 Å². The van der Waals surface area contributed by atoms with E-state index >= 15 is 0 Å². The monoisotopic (exact) mass is 492 g/mol. The number of benzene rings is 1. The minimum Gasteiger partial charge on any atom is -0.298 e. The second kappa shape index (κ2) is 6.99. The Labute approximate surface area is 161 Å². The maximum atomic E-state index is 13.7. The van der Waals surface area contributed by atoms with Crippen molar-refractivity contribution in [1.29, 1.82) is 0 Å². The van der Waals surface area contributed by atoms with Gasteiger partial charge < -0.3 is 0 Å². The zero-order valence-corrected chi connectivity index (χ0v) is 16.8. The van der Waals surface area contributed by atoms with Crippen LogP contribution in [-0.4, -0.2) is 10.9 Å². The van der Waals surface area contributed by atoms with Crippen LogP contribution in [0.2, 0.25) is 0 Å². The first kappa shape index (κ1) is 17.7. The third kappa shape index (κ3) is 3.44. The average molecular weight is 494 g/mol. The van der Waals surface area contributed by atoms with Crippen LogP contribution in [0.15, 0.2) is 31.8 Å². The highest BCUT2D eigenvalue weighted by Gasteiger charge is 2.20. The van der Waals surface area contributed by atoms with Crippen LogP contribution in [0.4, 0.5) is 13.9 Å². The van der Waals surface area contributed by atoms with Gasteiger partial charge in [-0.05, 0) is 57.0 Å². The Morgan fingerprint density at radius 1 is 1.21 bits per heavy atom. The molecule has 3 aromatic rings. The smallest absolute Gasteiger partial charge is 0.263 e. The zero-order valence-electron chi connectivity index (χ0n) is 12.0. The lowest BCUT2D eigenvalue weighted by Crippen LogP contribution is -2.15. The zero-order chi connectivity index (χ0) is 17.4. The highest BCUT2D eigenvalue weighted by molar-refractivity contribution is 9.12. The summed E-state index contributed by atoms with van der Waals surface area (Å²) < 4.78 is 29.2. The molecule has 124 valence electrons. The Morgan fingerprint density at radius 3 is 2.46 bits per heavy atom. The van der Waals surface area contributed by atoms with E-state index < -0.39 is 23.1 Å². The summed E-state index contributed by atoms with van der Waals surface area (Å²) in [6, 6.07) is 5.23. The first-order chi connectivity index (χ1) is 11.4. The van der Waals surface area contributed by atoms with Gasteiger partial charge in [0.25, 0.3) is 5.91 Å². The molecule has 2 heterocycles. The SMILES string of the molecule is Cc1nc(NC(=O)c2c(F)cccc2F)sc1-c1cc(Br)sc1Br. The van der Waals surface area contributed by atoms with E-state index in [0.29, 0.717) is 0 Å². The van der Waals surface area contributed by atoms with E-state index in [1.54, 1.807) is 0 Å². The third-order valence-corrected chi connectivity index (χ3v) is 6.55. The standard InChI is InChI=1S/C15H8Br2F2N2OS2/c1-6-12(7-5-10(16)23-13(7)17)24-15(20-6)21-14(22)11-8(18)3-2-4-9(11)19/h2-5H,1H3,(H,20,21,22). The number of amides is 1. The van der Waals surface area contributed by atoms with E-state index in [2.05, 4.69) is 42.2 Å². The number of anilines is 1. The molecule has 0 spiro atoms. The summed E-state index contributed by atoms with van der Waals surface area (Å²) in [6.45, 7) is 1.81. The molecular formula is C15H8Br2F2N2OS2. The molecule has 1 aromatic carbocycles. The minimum atomic E-state index is -0.912. The molecule has 0 saturated carbocycles. The maximum Gasteiger partial charge on any atom is 0.263 e. The van der Waals surface area contributed by atoms with Crippen molar-refractivity contribution in [1.82, 2.24) is 4.98 Å². The number of hydrogen-bond donors (Lipinski definition) is 1. The van der Waals surface area contributed by atoms with Crippen molar-refractivity contribution >= 4 is 65.6 Å². The van der Waals surface area contributed by atoms with Crippen molar-refractivity contribution in [2.75, 3.05) is 5.32 Å². The fraction of sp³-hybridized carbons (Fsp3) is 0.0667. The summed E-state index contributed by atoms with van der Waals surface area (Å²) in [5.74, 6) is -2.69. The minimum absolute atomic E-state index is 0.282. The quantitative estimate of drug-likeness (QED) is 0.469. The Balaban J connectivity index is 1.91. The molecule has 0 atom stereocenters. The molecule has 0 aliphatic heterocycles. The number of aromatic nitrogens is 1. The molecule has 0 unspecified atom stereocenters. The normalized spacial score (nSPS) is 10.9.